The van der Waals surface area contributed by atoms with Gasteiger partial charge in [-0.25, -0.2) is 0 Å². The first-order chi connectivity index (χ1) is 8.58. The highest BCUT2D eigenvalue weighted by Gasteiger charge is 2.18. The van der Waals surface area contributed by atoms with Crippen molar-refractivity contribution in [3.63, 3.8) is 0 Å². The molecule has 1 aromatic heterocycles. The third-order valence-electron chi connectivity index (χ3n) is 3.69. The maximum atomic E-state index is 4.43. The van der Waals surface area contributed by atoms with Crippen molar-refractivity contribution in [2.45, 2.75) is 59.4 Å². The van der Waals surface area contributed by atoms with E-state index in [1.807, 2.05) is 11.7 Å². The largest absolute Gasteiger partial charge is 0.314 e. The lowest BCUT2D eigenvalue weighted by Gasteiger charge is -2.24. The van der Waals surface area contributed by atoms with Gasteiger partial charge in [0.15, 0.2) is 0 Å². The van der Waals surface area contributed by atoms with Gasteiger partial charge in [-0.15, -0.1) is 0 Å². The van der Waals surface area contributed by atoms with Gasteiger partial charge in [0.1, 0.15) is 0 Å². The van der Waals surface area contributed by atoms with E-state index in [0.717, 1.165) is 24.6 Å². The van der Waals surface area contributed by atoms with Gasteiger partial charge in [-0.3, -0.25) is 4.68 Å². The molecule has 18 heavy (non-hydrogen) atoms. The summed E-state index contributed by atoms with van der Waals surface area (Å²) in [5.74, 6) is 0.722. The minimum absolute atomic E-state index is 0.566. The van der Waals surface area contributed by atoms with Gasteiger partial charge in [-0.2, -0.15) is 5.10 Å². The molecule has 3 nitrogen and oxygen atoms in total. The third-order valence-corrected chi connectivity index (χ3v) is 3.69. The summed E-state index contributed by atoms with van der Waals surface area (Å²) in [6.07, 6.45) is 5.00. The Morgan fingerprint density at radius 2 is 2.11 bits per heavy atom. The van der Waals surface area contributed by atoms with Crippen LogP contribution in [0.3, 0.4) is 0 Å². The van der Waals surface area contributed by atoms with E-state index in [4.69, 9.17) is 0 Å². The van der Waals surface area contributed by atoms with Gasteiger partial charge in [-0.05, 0) is 31.9 Å². The number of aryl methyl sites for hydroxylation is 2. The molecule has 2 atom stereocenters. The van der Waals surface area contributed by atoms with Crippen LogP contribution in [0.5, 0.6) is 0 Å². The molecular weight excluding hydrogens is 222 g/mol. The Kier molecular flexibility index (Phi) is 6.41. The van der Waals surface area contributed by atoms with E-state index >= 15 is 0 Å². The smallest absolute Gasteiger partial charge is 0.0596 e. The van der Waals surface area contributed by atoms with Crippen LogP contribution in [-0.2, 0) is 13.5 Å². The molecule has 1 rings (SSSR count). The standard InChI is InChI=1S/C15H29N3/c1-6-8-9-12(3)15(16-7-2)11-14-10-13(4)17-18(14)5/h10,12,15-16H,6-9,11H2,1-5H3. The van der Waals surface area contributed by atoms with Crippen molar-refractivity contribution < 1.29 is 0 Å². The quantitative estimate of drug-likeness (QED) is 0.769. The highest BCUT2D eigenvalue weighted by Crippen LogP contribution is 2.17. The maximum Gasteiger partial charge on any atom is 0.0596 e. The summed E-state index contributed by atoms with van der Waals surface area (Å²) in [4.78, 5) is 0. The molecule has 0 saturated heterocycles. The molecule has 0 spiro atoms. The van der Waals surface area contributed by atoms with E-state index in [0.29, 0.717) is 6.04 Å². The van der Waals surface area contributed by atoms with E-state index < -0.39 is 0 Å². The van der Waals surface area contributed by atoms with E-state index in [1.54, 1.807) is 0 Å². The zero-order chi connectivity index (χ0) is 13.5. The number of hydrogen-bond donors (Lipinski definition) is 1. The van der Waals surface area contributed by atoms with E-state index in [1.165, 1.54) is 25.0 Å². The van der Waals surface area contributed by atoms with Crippen LogP contribution in [0.4, 0.5) is 0 Å². The van der Waals surface area contributed by atoms with Crippen molar-refractivity contribution in [2.24, 2.45) is 13.0 Å². The molecule has 0 aliphatic carbocycles. The van der Waals surface area contributed by atoms with Gasteiger partial charge in [0.2, 0.25) is 0 Å². The number of likely N-dealkylation sites (N-methyl/N-ethyl adjacent to an activating group) is 1. The van der Waals surface area contributed by atoms with Crippen molar-refractivity contribution in [3.8, 4) is 0 Å². The van der Waals surface area contributed by atoms with Crippen molar-refractivity contribution in [2.75, 3.05) is 6.54 Å². The number of unbranched alkanes of at least 4 members (excludes halogenated alkanes) is 1. The number of hydrogen-bond acceptors (Lipinski definition) is 2. The maximum absolute atomic E-state index is 4.43. The molecule has 0 saturated carbocycles. The highest BCUT2D eigenvalue weighted by molar-refractivity contribution is 5.10. The Morgan fingerprint density at radius 1 is 1.39 bits per heavy atom. The lowest BCUT2D eigenvalue weighted by molar-refractivity contribution is 0.347. The Bertz CT molecular complexity index is 344. The second kappa shape index (κ2) is 7.57. The first-order valence-electron chi connectivity index (χ1n) is 7.31. The molecule has 1 N–H and O–H groups in total. The third kappa shape index (κ3) is 4.45. The molecule has 1 aromatic rings. The fourth-order valence-corrected chi connectivity index (χ4v) is 2.54. The Labute approximate surface area is 112 Å². The molecule has 1 heterocycles. The topological polar surface area (TPSA) is 29.9 Å². The van der Waals surface area contributed by atoms with Crippen LogP contribution in [0, 0.1) is 12.8 Å². The molecule has 3 heteroatoms. The second-order valence-electron chi connectivity index (χ2n) is 5.39. The van der Waals surface area contributed by atoms with Gasteiger partial charge in [0, 0.05) is 25.2 Å². The Hall–Kier alpha value is -0.830. The fraction of sp³-hybridized carbons (Fsp3) is 0.800. The fourth-order valence-electron chi connectivity index (χ4n) is 2.54. The SMILES string of the molecule is CCCCC(C)C(Cc1cc(C)nn1C)NCC. The highest BCUT2D eigenvalue weighted by atomic mass is 15.3. The summed E-state index contributed by atoms with van der Waals surface area (Å²) < 4.78 is 2.02. The minimum Gasteiger partial charge on any atom is -0.314 e. The lowest BCUT2D eigenvalue weighted by atomic mass is 9.92. The van der Waals surface area contributed by atoms with E-state index in [-0.39, 0.29) is 0 Å². The minimum atomic E-state index is 0.566. The van der Waals surface area contributed by atoms with Crippen LogP contribution in [-0.4, -0.2) is 22.4 Å². The molecule has 0 fully saturated rings. The van der Waals surface area contributed by atoms with Crippen LogP contribution in [0.15, 0.2) is 6.07 Å². The summed E-state index contributed by atoms with van der Waals surface area (Å²) in [6, 6.07) is 2.77. The van der Waals surface area contributed by atoms with Gasteiger partial charge in [0.05, 0.1) is 5.69 Å². The van der Waals surface area contributed by atoms with Crippen LogP contribution in [0.1, 0.15) is 51.4 Å². The summed E-state index contributed by atoms with van der Waals surface area (Å²) in [6.45, 7) is 9.92. The summed E-state index contributed by atoms with van der Waals surface area (Å²) >= 11 is 0. The zero-order valence-corrected chi connectivity index (χ0v) is 12.7. The predicted molar refractivity (Wildman–Crippen MR) is 77.8 cm³/mol. The number of rotatable bonds is 8. The number of aromatic nitrogens is 2. The monoisotopic (exact) mass is 251 g/mol. The summed E-state index contributed by atoms with van der Waals surface area (Å²) in [5, 5.41) is 8.07. The zero-order valence-electron chi connectivity index (χ0n) is 12.7. The Balaban J connectivity index is 2.64. The van der Waals surface area contributed by atoms with E-state index in [9.17, 15) is 0 Å². The predicted octanol–water partition coefficient (Wildman–Crippen LogP) is 3.08. The first kappa shape index (κ1) is 15.2. The van der Waals surface area contributed by atoms with Crippen LogP contribution in [0.25, 0.3) is 0 Å². The normalized spacial score (nSPS) is 14.7. The van der Waals surface area contributed by atoms with Gasteiger partial charge in [-0.1, -0.05) is 33.6 Å². The summed E-state index contributed by atoms with van der Waals surface area (Å²) in [7, 11) is 2.04. The van der Waals surface area contributed by atoms with Crippen molar-refractivity contribution >= 4 is 0 Å². The van der Waals surface area contributed by atoms with Crippen LogP contribution < -0.4 is 5.32 Å². The molecule has 0 radical (unpaired) electrons. The molecule has 2 unspecified atom stereocenters. The molecule has 0 amide bonds. The van der Waals surface area contributed by atoms with Gasteiger partial charge >= 0.3 is 0 Å². The first-order valence-corrected chi connectivity index (χ1v) is 7.31. The number of nitrogens with zero attached hydrogens (tertiary/aromatic N) is 2. The lowest BCUT2D eigenvalue weighted by Crippen LogP contribution is -2.37. The van der Waals surface area contributed by atoms with Gasteiger partial charge in [0.25, 0.3) is 0 Å². The van der Waals surface area contributed by atoms with Crippen LogP contribution >= 0.6 is 0 Å². The molecule has 0 aromatic carbocycles. The van der Waals surface area contributed by atoms with Crippen LogP contribution in [0.2, 0.25) is 0 Å². The average Bonchev–Trinajstić information content (AvgIpc) is 2.64. The Morgan fingerprint density at radius 3 is 2.61 bits per heavy atom. The molecular formula is C15H29N3. The van der Waals surface area contributed by atoms with Crippen molar-refractivity contribution in [1.82, 2.24) is 15.1 Å². The van der Waals surface area contributed by atoms with Crippen molar-refractivity contribution in [1.29, 1.82) is 0 Å². The summed E-state index contributed by atoms with van der Waals surface area (Å²) in [5.41, 5.74) is 2.45. The molecule has 104 valence electrons. The number of nitrogens with one attached hydrogen (secondary N) is 1. The van der Waals surface area contributed by atoms with E-state index in [2.05, 4.69) is 44.2 Å². The molecule has 0 bridgehead atoms. The molecule has 0 aliphatic heterocycles. The molecule has 0 aliphatic rings. The second-order valence-corrected chi connectivity index (χ2v) is 5.39. The van der Waals surface area contributed by atoms with Gasteiger partial charge < -0.3 is 5.32 Å². The average molecular weight is 251 g/mol. The van der Waals surface area contributed by atoms with Crippen molar-refractivity contribution in [3.05, 3.63) is 17.5 Å².